The molecule has 1 heterocycles. The van der Waals surface area contributed by atoms with Crippen LogP contribution in [0.4, 0.5) is 10.1 Å². The summed E-state index contributed by atoms with van der Waals surface area (Å²) in [4.78, 5) is 55.2. The monoisotopic (exact) mass is 573 g/mol. The van der Waals surface area contributed by atoms with E-state index in [1.165, 1.54) is 30.3 Å². The Morgan fingerprint density at radius 2 is 1.43 bits per heavy atom. The van der Waals surface area contributed by atoms with Crippen molar-refractivity contribution in [3.8, 4) is 0 Å². The number of ether oxygens (including phenoxy) is 1. The summed E-state index contributed by atoms with van der Waals surface area (Å²) in [5, 5.41) is 0. The third-order valence-corrected chi connectivity index (χ3v) is 7.47. The zero-order chi connectivity index (χ0) is 28.2. The van der Waals surface area contributed by atoms with Crippen LogP contribution in [0.3, 0.4) is 0 Å². The minimum atomic E-state index is -1.20. The van der Waals surface area contributed by atoms with Gasteiger partial charge in [0.2, 0.25) is 5.78 Å². The fraction of sp³-hybridized carbons (Fsp3) is 0.0968. The Kier molecular flexibility index (Phi) is 8.09. The van der Waals surface area contributed by atoms with Gasteiger partial charge in [0.05, 0.1) is 22.4 Å². The number of carbonyl (C=O) groups is 4. The van der Waals surface area contributed by atoms with Crippen LogP contribution in [0.2, 0.25) is 0 Å². The Morgan fingerprint density at radius 3 is 2.10 bits per heavy atom. The van der Waals surface area contributed by atoms with Crippen molar-refractivity contribution >= 4 is 52.6 Å². The third kappa shape index (κ3) is 5.68. The van der Waals surface area contributed by atoms with Crippen LogP contribution in [-0.4, -0.2) is 35.6 Å². The number of fused-ring (bicyclic) bond motifs is 1. The van der Waals surface area contributed by atoms with Crippen LogP contribution in [0, 0.1) is 5.82 Å². The molecule has 0 spiro atoms. The topological polar surface area (TPSA) is 80.8 Å². The van der Waals surface area contributed by atoms with Crippen molar-refractivity contribution in [2.75, 3.05) is 10.8 Å². The van der Waals surface area contributed by atoms with Crippen LogP contribution in [0.25, 0.3) is 0 Å². The van der Waals surface area contributed by atoms with E-state index in [0.717, 1.165) is 26.8 Å². The SMILES string of the molecule is O=C(OC(CCCl)C(=O)c1ccc(F)cc1)c1ccc2c(c1)C(=O)N(c1ccc(Sc3ccccc3)cc1)C2=O. The molecule has 1 aliphatic rings. The molecule has 0 bridgehead atoms. The maximum atomic E-state index is 13.3. The number of benzene rings is 4. The number of esters is 1. The molecule has 0 saturated heterocycles. The fourth-order valence-electron chi connectivity index (χ4n) is 4.23. The highest BCUT2D eigenvalue weighted by Gasteiger charge is 2.37. The molecular formula is C31H21ClFNO5S. The number of halogens is 2. The zero-order valence-electron chi connectivity index (χ0n) is 20.9. The van der Waals surface area contributed by atoms with Crippen LogP contribution in [0.15, 0.2) is 107 Å². The lowest BCUT2D eigenvalue weighted by atomic mass is 10.0. The van der Waals surface area contributed by atoms with E-state index in [4.69, 9.17) is 16.3 Å². The predicted molar refractivity (Wildman–Crippen MR) is 150 cm³/mol. The molecule has 0 radical (unpaired) electrons. The molecule has 1 atom stereocenters. The highest BCUT2D eigenvalue weighted by molar-refractivity contribution is 7.99. The van der Waals surface area contributed by atoms with Gasteiger partial charge in [0.25, 0.3) is 11.8 Å². The summed E-state index contributed by atoms with van der Waals surface area (Å²) in [5.74, 6) is -2.92. The van der Waals surface area contributed by atoms with Gasteiger partial charge < -0.3 is 4.74 Å². The third-order valence-electron chi connectivity index (χ3n) is 6.24. The molecule has 5 rings (SSSR count). The molecule has 2 amide bonds. The number of rotatable bonds is 9. The van der Waals surface area contributed by atoms with Crippen molar-refractivity contribution in [2.24, 2.45) is 0 Å². The first-order chi connectivity index (χ1) is 19.4. The van der Waals surface area contributed by atoms with E-state index < -0.39 is 35.5 Å². The predicted octanol–water partition coefficient (Wildman–Crippen LogP) is 6.81. The molecule has 1 aliphatic heterocycles. The van der Waals surface area contributed by atoms with Crippen molar-refractivity contribution in [1.29, 1.82) is 0 Å². The van der Waals surface area contributed by atoms with E-state index in [9.17, 15) is 23.6 Å². The van der Waals surface area contributed by atoms with Gasteiger partial charge in [-0.05, 0) is 78.9 Å². The summed E-state index contributed by atoms with van der Waals surface area (Å²) in [7, 11) is 0. The number of imide groups is 1. The minimum Gasteiger partial charge on any atom is -0.450 e. The number of amides is 2. The molecular weight excluding hydrogens is 553 g/mol. The number of carbonyl (C=O) groups excluding carboxylic acids is 4. The molecule has 6 nitrogen and oxygen atoms in total. The van der Waals surface area contributed by atoms with Crippen molar-refractivity contribution < 1.29 is 28.3 Å². The lowest BCUT2D eigenvalue weighted by molar-refractivity contribution is 0.0278. The zero-order valence-corrected chi connectivity index (χ0v) is 22.5. The van der Waals surface area contributed by atoms with E-state index in [2.05, 4.69) is 0 Å². The van der Waals surface area contributed by atoms with Gasteiger partial charge in [0, 0.05) is 27.7 Å². The van der Waals surface area contributed by atoms with Crippen molar-refractivity contribution in [3.63, 3.8) is 0 Å². The Morgan fingerprint density at radius 1 is 0.800 bits per heavy atom. The van der Waals surface area contributed by atoms with E-state index in [1.807, 2.05) is 42.5 Å². The molecule has 4 aromatic rings. The quantitative estimate of drug-likeness (QED) is 0.0946. The van der Waals surface area contributed by atoms with Gasteiger partial charge in [-0.25, -0.2) is 14.1 Å². The Labute approximate surface area is 238 Å². The maximum absolute atomic E-state index is 13.3. The Balaban J connectivity index is 1.32. The molecule has 0 saturated carbocycles. The molecule has 40 heavy (non-hydrogen) atoms. The number of anilines is 1. The smallest absolute Gasteiger partial charge is 0.338 e. The Hall–Kier alpha value is -4.27. The van der Waals surface area contributed by atoms with Crippen LogP contribution in [0.1, 0.15) is 47.9 Å². The average Bonchev–Trinajstić information content (AvgIpc) is 3.22. The fourth-order valence-corrected chi connectivity index (χ4v) is 5.27. The molecule has 9 heteroatoms. The summed E-state index contributed by atoms with van der Waals surface area (Å²) < 4.78 is 18.7. The summed E-state index contributed by atoms with van der Waals surface area (Å²) in [5.41, 5.74) is 0.787. The Bertz CT molecular complexity index is 1590. The van der Waals surface area contributed by atoms with Gasteiger partial charge in [0.1, 0.15) is 5.82 Å². The highest BCUT2D eigenvalue weighted by atomic mass is 35.5. The van der Waals surface area contributed by atoms with Crippen molar-refractivity contribution in [2.45, 2.75) is 22.3 Å². The number of hydrogen-bond donors (Lipinski definition) is 0. The van der Waals surface area contributed by atoms with Gasteiger partial charge in [-0.3, -0.25) is 14.4 Å². The van der Waals surface area contributed by atoms with E-state index in [-0.39, 0.29) is 34.6 Å². The molecule has 1 unspecified atom stereocenters. The normalized spacial score (nSPS) is 13.2. The molecule has 4 aromatic carbocycles. The van der Waals surface area contributed by atoms with Gasteiger partial charge in [-0.2, -0.15) is 0 Å². The van der Waals surface area contributed by atoms with Crippen LogP contribution >= 0.6 is 23.4 Å². The second-order valence-corrected chi connectivity index (χ2v) is 10.4. The molecule has 200 valence electrons. The van der Waals surface area contributed by atoms with Gasteiger partial charge >= 0.3 is 5.97 Å². The summed E-state index contributed by atoms with van der Waals surface area (Å²) in [6.07, 6.45) is -1.16. The number of ketones is 1. The standard InChI is InChI=1S/C31H21ClFNO5S/c32-17-16-27(28(35)19-6-9-21(33)10-7-19)39-31(38)20-8-15-25-26(18-20)30(37)34(29(25)36)22-11-13-24(14-12-22)40-23-4-2-1-3-5-23/h1-15,18,27H,16-17H2. The first-order valence-electron chi connectivity index (χ1n) is 12.3. The van der Waals surface area contributed by atoms with E-state index in [1.54, 1.807) is 23.9 Å². The van der Waals surface area contributed by atoms with Gasteiger partial charge in [0.15, 0.2) is 6.10 Å². The minimum absolute atomic E-state index is 0.00263. The average molecular weight is 574 g/mol. The van der Waals surface area contributed by atoms with Gasteiger partial charge in [-0.15, -0.1) is 11.6 Å². The number of nitrogens with zero attached hydrogens (tertiary/aromatic N) is 1. The lowest BCUT2D eigenvalue weighted by Crippen LogP contribution is -2.29. The number of alkyl halides is 1. The molecule has 0 fully saturated rings. The van der Waals surface area contributed by atoms with Crippen molar-refractivity contribution in [3.05, 3.63) is 125 Å². The summed E-state index contributed by atoms with van der Waals surface area (Å²) >= 11 is 7.38. The van der Waals surface area contributed by atoms with Crippen molar-refractivity contribution in [1.82, 2.24) is 0 Å². The number of Topliss-reactive ketones (excluding diaryl/α,β-unsaturated/α-hetero) is 1. The largest absolute Gasteiger partial charge is 0.450 e. The van der Waals surface area contributed by atoms with E-state index >= 15 is 0 Å². The van der Waals surface area contributed by atoms with Gasteiger partial charge in [-0.1, -0.05) is 30.0 Å². The number of hydrogen-bond acceptors (Lipinski definition) is 6. The molecule has 0 aliphatic carbocycles. The van der Waals surface area contributed by atoms with Crippen LogP contribution in [0.5, 0.6) is 0 Å². The maximum Gasteiger partial charge on any atom is 0.338 e. The summed E-state index contributed by atoms with van der Waals surface area (Å²) in [6, 6.07) is 25.8. The molecule has 0 N–H and O–H groups in total. The first-order valence-corrected chi connectivity index (χ1v) is 13.6. The lowest BCUT2D eigenvalue weighted by Gasteiger charge is -2.16. The second kappa shape index (κ2) is 11.9. The highest BCUT2D eigenvalue weighted by Crippen LogP contribution is 2.33. The first kappa shape index (κ1) is 27.3. The van der Waals surface area contributed by atoms with E-state index in [0.29, 0.717) is 5.69 Å². The summed E-state index contributed by atoms with van der Waals surface area (Å²) in [6.45, 7) is 0. The second-order valence-electron chi connectivity index (χ2n) is 8.86. The molecule has 0 aromatic heterocycles. The van der Waals surface area contributed by atoms with Crippen LogP contribution in [-0.2, 0) is 4.74 Å². The van der Waals surface area contributed by atoms with Crippen LogP contribution < -0.4 is 4.90 Å².